The quantitative estimate of drug-likeness (QED) is 0.278. The summed E-state index contributed by atoms with van der Waals surface area (Å²) >= 11 is 0. The molecule has 0 radical (unpaired) electrons. The zero-order valence-electron chi connectivity index (χ0n) is 7.59. The molecule has 0 aromatic rings. The molecule has 0 unspecified atom stereocenters. The van der Waals surface area contributed by atoms with Crippen LogP contribution in [0.2, 0.25) is 0 Å². The van der Waals surface area contributed by atoms with Gasteiger partial charge in [-0.3, -0.25) is 0 Å². The van der Waals surface area contributed by atoms with Crippen LogP contribution in [0, 0.1) is 5.21 Å². The summed E-state index contributed by atoms with van der Waals surface area (Å²) in [4.78, 5) is 0.158. The van der Waals surface area contributed by atoms with E-state index in [0.29, 0.717) is 39.0 Å². The lowest BCUT2D eigenvalue weighted by Gasteiger charge is -2.16. The Hall–Kier alpha value is -1.08. The van der Waals surface area contributed by atoms with E-state index < -0.39 is 0 Å². The molecule has 0 heterocycles. The van der Waals surface area contributed by atoms with Gasteiger partial charge in [-0.15, -0.1) is 5.01 Å². The average Bonchev–Trinajstić information content (AvgIpc) is 2.17. The highest BCUT2D eigenvalue weighted by Gasteiger charge is 2.10. The molecule has 7 heteroatoms. The third-order valence-electron chi connectivity index (χ3n) is 1.56. The van der Waals surface area contributed by atoms with E-state index in [1.807, 2.05) is 0 Å². The molecule has 13 heavy (non-hydrogen) atoms. The van der Waals surface area contributed by atoms with Gasteiger partial charge in [0.2, 0.25) is 5.28 Å². The zero-order valence-corrected chi connectivity index (χ0v) is 7.59. The van der Waals surface area contributed by atoms with E-state index in [1.54, 1.807) is 0 Å². The number of rotatable bonds is 7. The second kappa shape index (κ2) is 7.56. The predicted octanol–water partition coefficient (Wildman–Crippen LogP) is -0.747. The van der Waals surface area contributed by atoms with Crippen molar-refractivity contribution in [3.63, 3.8) is 0 Å². The molecular weight excluding hydrogens is 174 g/mol. The van der Waals surface area contributed by atoms with Crippen molar-refractivity contribution < 1.29 is 10.2 Å². The monoisotopic (exact) mass is 191 g/mol. The van der Waals surface area contributed by atoms with E-state index in [9.17, 15) is 5.21 Å². The van der Waals surface area contributed by atoms with Crippen molar-refractivity contribution in [1.29, 1.82) is 0 Å². The molecule has 0 aliphatic carbocycles. The molecule has 0 aromatic heterocycles. The number of nitrogens with zero attached hydrogens (tertiary/aromatic N) is 3. The number of hydrogen-bond acceptors (Lipinski definition) is 4. The Morgan fingerprint density at radius 3 is 2.00 bits per heavy atom. The van der Waals surface area contributed by atoms with E-state index >= 15 is 0 Å². The highest BCUT2D eigenvalue weighted by Crippen LogP contribution is 1.94. The smallest absolute Gasteiger partial charge is 0.230 e. The Balaban J connectivity index is 3.87. The molecule has 0 atom stereocenters. The fourth-order valence-corrected chi connectivity index (χ4v) is 0.887. The van der Waals surface area contributed by atoms with E-state index in [1.165, 1.54) is 5.01 Å². The number of nitrogens with two attached hydrogens (primary N) is 2. The number of hydrazine groups is 1. The van der Waals surface area contributed by atoms with Gasteiger partial charge in [-0.1, -0.05) is 0 Å². The lowest BCUT2D eigenvalue weighted by molar-refractivity contribution is -0.709. The van der Waals surface area contributed by atoms with E-state index in [-0.39, 0.29) is 4.97 Å². The van der Waals surface area contributed by atoms with Crippen LogP contribution in [0.4, 0.5) is 0 Å². The number of hydrogen-bond donors (Lipinski definition) is 3. The van der Waals surface area contributed by atoms with Crippen molar-refractivity contribution in [2.45, 2.75) is 12.8 Å². The SMILES string of the molecule is NCCCN(CCCN)/[N+]([O-])=N/O. The molecular formula is C6H17N5O2. The molecule has 0 rings (SSSR count). The summed E-state index contributed by atoms with van der Waals surface area (Å²) in [6.45, 7) is 1.95. The van der Waals surface area contributed by atoms with Gasteiger partial charge in [0.1, 0.15) is 0 Å². The third kappa shape index (κ3) is 5.21. The molecule has 7 nitrogen and oxygen atoms in total. The standard InChI is InChI=1S/C6H17N5O2/c7-3-1-5-10(6-2-4-8)11(13)9-12/h12H,1-8H2/b11-9-. The van der Waals surface area contributed by atoms with Crippen molar-refractivity contribution in [2.24, 2.45) is 16.7 Å². The summed E-state index contributed by atoms with van der Waals surface area (Å²) in [7, 11) is 0. The maximum atomic E-state index is 10.9. The van der Waals surface area contributed by atoms with E-state index in [0.717, 1.165) is 0 Å². The molecule has 5 N–H and O–H groups in total. The third-order valence-corrected chi connectivity index (χ3v) is 1.56. The lowest BCUT2D eigenvalue weighted by Crippen LogP contribution is -2.34. The Morgan fingerprint density at radius 2 is 1.69 bits per heavy atom. The topological polar surface area (TPSA) is 114 Å². The Morgan fingerprint density at radius 1 is 1.23 bits per heavy atom. The summed E-state index contributed by atoms with van der Waals surface area (Å²) in [5.41, 5.74) is 10.6. The maximum Gasteiger partial charge on any atom is 0.230 e. The van der Waals surface area contributed by atoms with Crippen molar-refractivity contribution >= 4 is 0 Å². The Bertz CT molecular complexity index is 144. The first kappa shape index (κ1) is 11.9. The summed E-state index contributed by atoms with van der Waals surface area (Å²) in [5.74, 6) is 0. The molecule has 0 fully saturated rings. The Kier molecular flexibility index (Phi) is 6.93. The van der Waals surface area contributed by atoms with Crippen LogP contribution in [0.5, 0.6) is 0 Å². The molecule has 0 aliphatic rings. The summed E-state index contributed by atoms with van der Waals surface area (Å²) in [6, 6.07) is 0. The van der Waals surface area contributed by atoms with Crippen molar-refractivity contribution in [3.8, 4) is 0 Å². The van der Waals surface area contributed by atoms with Crippen molar-refractivity contribution in [2.75, 3.05) is 26.2 Å². The van der Waals surface area contributed by atoms with Gasteiger partial charge in [-0.25, -0.2) is 0 Å². The first-order chi connectivity index (χ1) is 6.26. The normalized spacial score (nSPS) is 11.7. The molecule has 0 spiro atoms. The van der Waals surface area contributed by atoms with Gasteiger partial charge in [0.05, 0.1) is 18.1 Å². The fourth-order valence-electron chi connectivity index (χ4n) is 0.887. The van der Waals surface area contributed by atoms with Crippen molar-refractivity contribution in [3.05, 3.63) is 5.21 Å². The first-order valence-electron chi connectivity index (χ1n) is 4.23. The molecule has 0 aromatic carbocycles. The summed E-state index contributed by atoms with van der Waals surface area (Å²) in [6.07, 6.45) is 1.36. The van der Waals surface area contributed by atoms with Crippen LogP contribution in [0.1, 0.15) is 12.8 Å². The van der Waals surface area contributed by atoms with Gasteiger partial charge < -0.3 is 21.9 Å². The summed E-state index contributed by atoms with van der Waals surface area (Å²) in [5, 5.41) is 23.0. The van der Waals surface area contributed by atoms with Gasteiger partial charge in [-0.05, 0) is 25.9 Å². The van der Waals surface area contributed by atoms with Gasteiger partial charge in [0.15, 0.2) is 0 Å². The van der Waals surface area contributed by atoms with Crippen LogP contribution < -0.4 is 11.5 Å². The van der Waals surface area contributed by atoms with Gasteiger partial charge in [0, 0.05) is 0 Å². The van der Waals surface area contributed by atoms with E-state index in [4.69, 9.17) is 16.7 Å². The fraction of sp³-hybridized carbons (Fsp3) is 1.00. The van der Waals surface area contributed by atoms with Crippen LogP contribution in [0.3, 0.4) is 0 Å². The summed E-state index contributed by atoms with van der Waals surface area (Å²) < 4.78 is 0. The van der Waals surface area contributed by atoms with Crippen molar-refractivity contribution in [1.82, 2.24) is 5.01 Å². The predicted molar refractivity (Wildman–Crippen MR) is 46.8 cm³/mol. The molecule has 0 saturated carbocycles. The van der Waals surface area contributed by atoms with Crippen LogP contribution in [-0.4, -0.2) is 41.4 Å². The zero-order chi connectivity index (χ0) is 10.1. The minimum atomic E-state index is 0.158. The van der Waals surface area contributed by atoms with Crippen LogP contribution in [0.15, 0.2) is 5.28 Å². The van der Waals surface area contributed by atoms with Gasteiger partial charge in [0.25, 0.3) is 0 Å². The molecule has 0 amide bonds. The second-order valence-corrected chi connectivity index (χ2v) is 2.58. The minimum absolute atomic E-state index is 0.158. The molecule has 0 aliphatic heterocycles. The highest BCUT2D eigenvalue weighted by atomic mass is 16.6. The Labute approximate surface area is 77.1 Å². The second-order valence-electron chi connectivity index (χ2n) is 2.58. The van der Waals surface area contributed by atoms with Crippen LogP contribution in [0.25, 0.3) is 0 Å². The first-order valence-corrected chi connectivity index (χ1v) is 4.23. The van der Waals surface area contributed by atoms with Crippen LogP contribution in [-0.2, 0) is 0 Å². The van der Waals surface area contributed by atoms with Crippen LogP contribution >= 0.6 is 0 Å². The maximum absolute atomic E-state index is 10.9. The molecule has 0 saturated heterocycles. The van der Waals surface area contributed by atoms with E-state index in [2.05, 4.69) is 5.28 Å². The lowest BCUT2D eigenvalue weighted by atomic mass is 10.4. The molecule has 0 bridgehead atoms. The largest absolute Gasteiger partial charge is 0.569 e. The minimum Gasteiger partial charge on any atom is -0.569 e. The highest BCUT2D eigenvalue weighted by molar-refractivity contribution is 4.48. The molecule has 78 valence electrons. The van der Waals surface area contributed by atoms with Gasteiger partial charge in [-0.2, -0.15) is 0 Å². The van der Waals surface area contributed by atoms with Gasteiger partial charge >= 0.3 is 0 Å². The average molecular weight is 191 g/mol.